The normalized spacial score (nSPS) is 16.2. The van der Waals surface area contributed by atoms with E-state index in [1.54, 1.807) is 12.1 Å². The maximum absolute atomic E-state index is 11.0. The first-order valence-corrected chi connectivity index (χ1v) is 12.4. The van der Waals surface area contributed by atoms with E-state index in [-0.39, 0.29) is 13.2 Å². The van der Waals surface area contributed by atoms with Gasteiger partial charge in [-0.15, -0.1) is 0 Å². The van der Waals surface area contributed by atoms with Gasteiger partial charge in [0, 0.05) is 23.2 Å². The Kier molecular flexibility index (Phi) is 7.40. The van der Waals surface area contributed by atoms with Gasteiger partial charge in [0.1, 0.15) is 10.3 Å². The van der Waals surface area contributed by atoms with Crippen LogP contribution in [0.25, 0.3) is 0 Å². The molecule has 6 nitrogen and oxygen atoms in total. The van der Waals surface area contributed by atoms with Crippen molar-refractivity contribution in [2.45, 2.75) is 64.6 Å². The number of nitrogens with zero attached hydrogens (tertiary/aromatic N) is 2. The van der Waals surface area contributed by atoms with E-state index in [1.165, 1.54) is 12.8 Å². The lowest BCUT2D eigenvalue weighted by Crippen LogP contribution is -2.06. The number of hydrogen-bond donors (Lipinski definition) is 1. The molecule has 9 heteroatoms. The van der Waals surface area contributed by atoms with Gasteiger partial charge in [-0.1, -0.05) is 23.2 Å². The second-order valence-corrected chi connectivity index (χ2v) is 10.3. The van der Waals surface area contributed by atoms with Crippen molar-refractivity contribution in [2.24, 2.45) is 0 Å². The van der Waals surface area contributed by atoms with Crippen molar-refractivity contribution >= 4 is 33.3 Å². The lowest BCUT2D eigenvalue weighted by atomic mass is 10.1. The predicted octanol–water partition coefficient (Wildman–Crippen LogP) is 4.81. The van der Waals surface area contributed by atoms with E-state index in [9.17, 15) is 8.42 Å². The number of aliphatic hydroxyl groups is 1. The predicted molar refractivity (Wildman–Crippen MR) is 117 cm³/mol. The molecule has 0 radical (unpaired) electrons. The van der Waals surface area contributed by atoms with Gasteiger partial charge in [0.15, 0.2) is 0 Å². The van der Waals surface area contributed by atoms with Gasteiger partial charge in [0.25, 0.3) is 10.1 Å². The molecule has 2 heterocycles. The maximum Gasteiger partial charge on any atom is 0.264 e. The van der Waals surface area contributed by atoms with Crippen molar-refractivity contribution in [2.75, 3.05) is 6.26 Å². The first-order chi connectivity index (χ1) is 14.1. The molecule has 2 aromatic rings. The van der Waals surface area contributed by atoms with E-state index in [2.05, 4.69) is 9.97 Å². The highest BCUT2D eigenvalue weighted by molar-refractivity contribution is 7.85. The molecule has 0 amide bonds. The molecule has 0 atom stereocenters. The van der Waals surface area contributed by atoms with Crippen LogP contribution in [0.4, 0.5) is 0 Å². The minimum Gasteiger partial charge on any atom is -0.392 e. The van der Waals surface area contributed by atoms with Gasteiger partial charge >= 0.3 is 0 Å². The van der Waals surface area contributed by atoms with Gasteiger partial charge < -0.3 is 5.11 Å². The van der Waals surface area contributed by atoms with Gasteiger partial charge in [0.2, 0.25) is 0 Å². The molecule has 0 aromatic carbocycles. The molecule has 0 aliphatic heterocycles. The second-order valence-electron chi connectivity index (χ2n) is 7.90. The van der Waals surface area contributed by atoms with E-state index in [1.807, 2.05) is 13.8 Å². The highest BCUT2D eigenvalue weighted by atomic mass is 35.5. The highest BCUT2D eigenvalue weighted by Gasteiger charge is 2.28. The number of aromatic nitrogens is 2. The van der Waals surface area contributed by atoms with Crippen molar-refractivity contribution in [3.8, 4) is 0 Å². The topological polar surface area (TPSA) is 89.4 Å². The van der Waals surface area contributed by atoms with Crippen molar-refractivity contribution in [3.05, 3.63) is 56.1 Å². The van der Waals surface area contributed by atoms with E-state index < -0.39 is 10.1 Å². The first-order valence-electron chi connectivity index (χ1n) is 9.86. The molecule has 1 N–H and O–H groups in total. The molecule has 0 unspecified atom stereocenters. The van der Waals surface area contributed by atoms with Gasteiger partial charge in [-0.3, -0.25) is 4.18 Å². The van der Waals surface area contributed by atoms with Gasteiger partial charge in [-0.2, -0.15) is 8.42 Å². The van der Waals surface area contributed by atoms with Crippen molar-refractivity contribution in [3.63, 3.8) is 0 Å². The van der Waals surface area contributed by atoms with Crippen LogP contribution in [0, 0.1) is 13.8 Å². The molecule has 2 aromatic heterocycles. The van der Waals surface area contributed by atoms with Crippen LogP contribution in [0.15, 0.2) is 12.1 Å². The summed E-state index contributed by atoms with van der Waals surface area (Å²) in [5, 5.41) is 9.97. The Labute approximate surface area is 187 Å². The van der Waals surface area contributed by atoms with Crippen LogP contribution in [0.3, 0.4) is 0 Å². The summed E-state index contributed by atoms with van der Waals surface area (Å²) in [6, 6.07) is 3.40. The van der Waals surface area contributed by atoms with E-state index in [0.717, 1.165) is 52.7 Å². The van der Waals surface area contributed by atoms with Crippen LogP contribution in [-0.2, 0) is 27.5 Å². The minimum absolute atomic E-state index is 0.0205. The quantitative estimate of drug-likeness (QED) is 0.479. The number of pyridine rings is 2. The summed E-state index contributed by atoms with van der Waals surface area (Å²) in [6.07, 6.45) is 5.70. The highest BCUT2D eigenvalue weighted by Crippen LogP contribution is 2.42. The average molecular weight is 473 g/mol. The van der Waals surface area contributed by atoms with E-state index in [4.69, 9.17) is 32.5 Å². The summed E-state index contributed by atoms with van der Waals surface area (Å²) < 4.78 is 26.7. The van der Waals surface area contributed by atoms with Crippen LogP contribution in [0.1, 0.15) is 71.2 Å². The summed E-state index contributed by atoms with van der Waals surface area (Å²) in [7, 11) is -3.43. The molecule has 4 rings (SSSR count). The fourth-order valence-corrected chi connectivity index (χ4v) is 4.08. The van der Waals surface area contributed by atoms with Crippen LogP contribution in [-0.4, -0.2) is 29.7 Å². The molecule has 0 saturated heterocycles. The lowest BCUT2D eigenvalue weighted by molar-refractivity contribution is 0.280. The zero-order chi connectivity index (χ0) is 22.1. The summed E-state index contributed by atoms with van der Waals surface area (Å²) in [6.45, 7) is 4.00. The van der Waals surface area contributed by atoms with E-state index >= 15 is 0 Å². The third-order valence-corrected chi connectivity index (χ3v) is 6.23. The fourth-order valence-electron chi connectivity index (χ4n) is 3.29. The number of hydrogen-bond acceptors (Lipinski definition) is 6. The summed E-state index contributed by atoms with van der Waals surface area (Å²) in [4.78, 5) is 8.60. The minimum atomic E-state index is -3.43. The van der Waals surface area contributed by atoms with Gasteiger partial charge in [-0.05, 0) is 73.9 Å². The Morgan fingerprint density at radius 1 is 0.967 bits per heavy atom. The summed E-state index contributed by atoms with van der Waals surface area (Å²) >= 11 is 11.8. The van der Waals surface area contributed by atoms with Gasteiger partial charge in [-0.25, -0.2) is 9.97 Å². The molecule has 2 saturated carbocycles. The smallest absolute Gasteiger partial charge is 0.264 e. The molecular weight excluding hydrogens is 447 g/mol. The van der Waals surface area contributed by atoms with Crippen LogP contribution in [0.5, 0.6) is 0 Å². The third kappa shape index (κ3) is 6.37. The molecule has 2 aliphatic rings. The Balaban J connectivity index is 0.000000177. The molecule has 0 spiro atoms. The first kappa shape index (κ1) is 23.4. The largest absolute Gasteiger partial charge is 0.392 e. The summed E-state index contributed by atoms with van der Waals surface area (Å²) in [5.74, 6) is 1.06. The monoisotopic (exact) mass is 472 g/mol. The van der Waals surface area contributed by atoms with Crippen LogP contribution >= 0.6 is 23.2 Å². The van der Waals surface area contributed by atoms with Crippen LogP contribution in [0.2, 0.25) is 10.3 Å². The van der Waals surface area contributed by atoms with Crippen LogP contribution < -0.4 is 0 Å². The Morgan fingerprint density at radius 2 is 1.40 bits per heavy atom. The third-order valence-electron chi connectivity index (χ3n) is 5.30. The summed E-state index contributed by atoms with van der Waals surface area (Å²) in [5.41, 5.74) is 5.84. The number of rotatable bonds is 6. The average Bonchev–Trinajstić information content (AvgIpc) is 3.55. The molecule has 2 fully saturated rings. The second kappa shape index (κ2) is 9.49. The molecule has 164 valence electrons. The lowest BCUT2D eigenvalue weighted by Gasteiger charge is -2.10. The zero-order valence-electron chi connectivity index (χ0n) is 17.3. The van der Waals surface area contributed by atoms with Crippen molar-refractivity contribution in [1.82, 2.24) is 9.97 Å². The Hall–Kier alpha value is -1.25. The Bertz CT molecular complexity index is 1040. The Morgan fingerprint density at radius 3 is 1.80 bits per heavy atom. The SMILES string of the molecule is Cc1c(CO)cc(Cl)nc1C1CC1.Cc1c(COS(C)(=O)=O)cc(Cl)nc1C1CC1. The van der Waals surface area contributed by atoms with Crippen molar-refractivity contribution in [1.29, 1.82) is 0 Å². The van der Waals surface area contributed by atoms with Gasteiger partial charge in [0.05, 0.1) is 19.5 Å². The standard InChI is InChI=1S/C11H14ClNO3S.C10H12ClNO/c1-7-9(6-16-17(2,14)15)5-10(12)13-11(7)8-3-4-8;1-6-8(5-13)4-9(11)12-10(6)7-2-3-7/h5,8H,3-4,6H2,1-2H3;4,7,13H,2-3,5H2,1H3. The van der Waals surface area contributed by atoms with E-state index in [0.29, 0.717) is 22.1 Å². The maximum atomic E-state index is 11.0. The van der Waals surface area contributed by atoms with Crippen molar-refractivity contribution < 1.29 is 17.7 Å². The molecule has 30 heavy (non-hydrogen) atoms. The zero-order valence-corrected chi connectivity index (χ0v) is 19.6. The molecule has 2 aliphatic carbocycles. The number of aliphatic hydroxyl groups excluding tert-OH is 1. The fraction of sp³-hybridized carbons (Fsp3) is 0.524. The molecular formula is C21H26Cl2N2O4S. The number of halogens is 2. The molecule has 0 bridgehead atoms.